The minimum Gasteiger partial charge on any atom is -0.312 e. The van der Waals surface area contributed by atoms with Gasteiger partial charge >= 0.3 is 0 Å². The van der Waals surface area contributed by atoms with Gasteiger partial charge in [-0.3, -0.25) is 0 Å². The van der Waals surface area contributed by atoms with Crippen molar-refractivity contribution in [3.05, 3.63) is 12.2 Å². The number of nitrogens with one attached hydrogen (secondary N) is 1. The van der Waals surface area contributed by atoms with Crippen molar-refractivity contribution in [2.45, 2.75) is 65.6 Å². The number of hydrogen-bond acceptors (Lipinski definition) is 4. The molecule has 0 aliphatic carbocycles. The minimum absolute atomic E-state index is 0.102. The largest absolute Gasteiger partial charge is 0.312 e. The normalized spacial score (nSPS) is 16.4. The van der Waals surface area contributed by atoms with Crippen molar-refractivity contribution in [3.8, 4) is 0 Å². The lowest BCUT2D eigenvalue weighted by molar-refractivity contribution is 0.111. The average molecular weight is 295 g/mol. The van der Waals surface area contributed by atoms with Crippen molar-refractivity contribution in [3.63, 3.8) is 0 Å². The zero-order valence-corrected chi connectivity index (χ0v) is 14.8. The first-order valence-corrected chi connectivity index (χ1v) is 8.12. The molecule has 0 aliphatic heterocycles. The van der Waals surface area contributed by atoms with Gasteiger partial charge in [0.15, 0.2) is 0 Å². The Morgan fingerprint density at radius 1 is 1.33 bits per heavy atom. The van der Waals surface area contributed by atoms with Crippen LogP contribution >= 0.6 is 0 Å². The summed E-state index contributed by atoms with van der Waals surface area (Å²) in [5.41, 5.74) is 0.102. The van der Waals surface area contributed by atoms with Gasteiger partial charge in [-0.15, -0.1) is 0 Å². The second kappa shape index (κ2) is 7.90. The Kier molecular flexibility index (Phi) is 6.81. The third-order valence-corrected chi connectivity index (χ3v) is 4.56. The molecule has 5 heteroatoms. The summed E-state index contributed by atoms with van der Waals surface area (Å²) in [6.45, 7) is 13.1. The standard InChI is InChI=1S/C16H33N5/c1-8-16(5,20(6)7)14(17-9-2)10-15-18-12-19-21(15)11-13(3)4/h12-14,17H,8-11H2,1-7H3. The van der Waals surface area contributed by atoms with Gasteiger partial charge < -0.3 is 10.2 Å². The second-order valence-electron chi connectivity index (χ2n) is 6.67. The molecular formula is C16H33N5. The molecule has 0 saturated heterocycles. The lowest BCUT2D eigenvalue weighted by Gasteiger charge is -2.43. The summed E-state index contributed by atoms with van der Waals surface area (Å²) in [4.78, 5) is 6.81. The number of aromatic nitrogens is 3. The Morgan fingerprint density at radius 3 is 2.48 bits per heavy atom. The van der Waals surface area contributed by atoms with Crippen LogP contribution < -0.4 is 5.32 Å². The van der Waals surface area contributed by atoms with E-state index in [1.807, 2.05) is 0 Å². The maximum atomic E-state index is 4.49. The molecule has 0 fully saturated rings. The van der Waals surface area contributed by atoms with Crippen LogP contribution in [-0.2, 0) is 13.0 Å². The number of nitrogens with zero attached hydrogens (tertiary/aromatic N) is 4. The molecule has 1 aromatic rings. The zero-order chi connectivity index (χ0) is 16.0. The van der Waals surface area contributed by atoms with Gasteiger partial charge in [0.1, 0.15) is 12.2 Å². The molecule has 2 atom stereocenters. The Morgan fingerprint density at radius 2 is 2.00 bits per heavy atom. The summed E-state index contributed by atoms with van der Waals surface area (Å²) in [5, 5.41) is 8.04. The fraction of sp³-hybridized carbons (Fsp3) is 0.875. The van der Waals surface area contributed by atoms with Crippen LogP contribution in [0.3, 0.4) is 0 Å². The van der Waals surface area contributed by atoms with Crippen LogP contribution in [-0.4, -0.2) is 51.9 Å². The number of hydrogen-bond donors (Lipinski definition) is 1. The van der Waals surface area contributed by atoms with E-state index in [2.05, 4.69) is 73.7 Å². The monoisotopic (exact) mass is 295 g/mol. The highest BCUT2D eigenvalue weighted by molar-refractivity contribution is 5.01. The molecule has 0 amide bonds. The average Bonchev–Trinajstić information content (AvgIpc) is 2.83. The Hall–Kier alpha value is -0.940. The molecule has 5 nitrogen and oxygen atoms in total. The first-order valence-electron chi connectivity index (χ1n) is 8.12. The highest BCUT2D eigenvalue weighted by Gasteiger charge is 2.35. The summed E-state index contributed by atoms with van der Waals surface area (Å²) in [5.74, 6) is 1.66. The molecule has 1 aromatic heterocycles. The topological polar surface area (TPSA) is 46.0 Å². The third-order valence-electron chi connectivity index (χ3n) is 4.56. The van der Waals surface area contributed by atoms with Gasteiger partial charge in [-0.25, -0.2) is 9.67 Å². The molecule has 0 radical (unpaired) electrons. The van der Waals surface area contributed by atoms with Gasteiger partial charge in [-0.05, 0) is 39.9 Å². The van der Waals surface area contributed by atoms with E-state index < -0.39 is 0 Å². The summed E-state index contributed by atoms with van der Waals surface area (Å²) in [6, 6.07) is 0.359. The smallest absolute Gasteiger partial charge is 0.138 e. The van der Waals surface area contributed by atoms with Crippen molar-refractivity contribution >= 4 is 0 Å². The van der Waals surface area contributed by atoms with E-state index in [0.717, 1.165) is 31.8 Å². The molecule has 0 spiro atoms. The van der Waals surface area contributed by atoms with Crippen molar-refractivity contribution in [1.29, 1.82) is 0 Å². The molecule has 0 saturated carbocycles. The molecule has 0 aromatic carbocycles. The summed E-state index contributed by atoms with van der Waals surface area (Å²) in [6.07, 6.45) is 3.68. The van der Waals surface area contributed by atoms with Crippen LogP contribution in [0.4, 0.5) is 0 Å². The zero-order valence-electron chi connectivity index (χ0n) is 14.8. The van der Waals surface area contributed by atoms with Gasteiger partial charge in [0.2, 0.25) is 0 Å². The van der Waals surface area contributed by atoms with E-state index in [-0.39, 0.29) is 5.54 Å². The Labute approximate surface area is 130 Å². The van der Waals surface area contributed by atoms with Gasteiger partial charge in [0.25, 0.3) is 0 Å². The Bertz CT molecular complexity index is 413. The van der Waals surface area contributed by atoms with Crippen LogP contribution in [0, 0.1) is 5.92 Å². The fourth-order valence-electron chi connectivity index (χ4n) is 2.76. The van der Waals surface area contributed by atoms with Crippen LogP contribution in [0.1, 0.15) is 46.9 Å². The van der Waals surface area contributed by atoms with Crippen molar-refractivity contribution < 1.29 is 0 Å². The first-order chi connectivity index (χ1) is 9.85. The molecule has 1 N–H and O–H groups in total. The van der Waals surface area contributed by atoms with E-state index in [4.69, 9.17) is 0 Å². The van der Waals surface area contributed by atoms with Gasteiger partial charge in [-0.2, -0.15) is 5.10 Å². The highest BCUT2D eigenvalue weighted by atomic mass is 15.3. The van der Waals surface area contributed by atoms with Crippen molar-refractivity contribution in [2.75, 3.05) is 20.6 Å². The van der Waals surface area contributed by atoms with E-state index in [9.17, 15) is 0 Å². The number of rotatable bonds is 9. The molecule has 21 heavy (non-hydrogen) atoms. The molecule has 1 heterocycles. The number of likely N-dealkylation sites (N-methyl/N-ethyl adjacent to an activating group) is 2. The maximum Gasteiger partial charge on any atom is 0.138 e. The SMILES string of the molecule is CCNC(Cc1ncnn1CC(C)C)C(C)(CC)N(C)C. The van der Waals surface area contributed by atoms with E-state index in [0.29, 0.717) is 12.0 Å². The molecule has 2 unspecified atom stereocenters. The van der Waals surface area contributed by atoms with Gasteiger partial charge in [0.05, 0.1) is 0 Å². The minimum atomic E-state index is 0.102. The van der Waals surface area contributed by atoms with Crippen LogP contribution in [0.15, 0.2) is 6.33 Å². The predicted molar refractivity (Wildman–Crippen MR) is 88.4 cm³/mol. The van der Waals surface area contributed by atoms with Gasteiger partial charge in [-0.1, -0.05) is 27.7 Å². The van der Waals surface area contributed by atoms with Gasteiger partial charge in [0, 0.05) is 24.5 Å². The Balaban J connectivity index is 2.95. The van der Waals surface area contributed by atoms with E-state index in [1.54, 1.807) is 6.33 Å². The van der Waals surface area contributed by atoms with Crippen LogP contribution in [0.2, 0.25) is 0 Å². The van der Waals surface area contributed by atoms with Crippen LogP contribution in [0.5, 0.6) is 0 Å². The molecule has 1 rings (SSSR count). The summed E-state index contributed by atoms with van der Waals surface area (Å²) < 4.78 is 2.06. The summed E-state index contributed by atoms with van der Waals surface area (Å²) in [7, 11) is 4.32. The van der Waals surface area contributed by atoms with E-state index in [1.165, 1.54) is 0 Å². The lowest BCUT2D eigenvalue weighted by atomic mass is 9.85. The fourth-order valence-corrected chi connectivity index (χ4v) is 2.76. The quantitative estimate of drug-likeness (QED) is 0.758. The lowest BCUT2D eigenvalue weighted by Crippen LogP contribution is -2.58. The summed E-state index contributed by atoms with van der Waals surface area (Å²) >= 11 is 0. The third kappa shape index (κ3) is 4.51. The van der Waals surface area contributed by atoms with Crippen molar-refractivity contribution in [1.82, 2.24) is 25.0 Å². The maximum absolute atomic E-state index is 4.49. The first kappa shape index (κ1) is 18.1. The molecule has 0 aliphatic rings. The molecule has 122 valence electrons. The van der Waals surface area contributed by atoms with E-state index >= 15 is 0 Å². The van der Waals surface area contributed by atoms with Crippen LogP contribution in [0.25, 0.3) is 0 Å². The molecular weight excluding hydrogens is 262 g/mol. The van der Waals surface area contributed by atoms with Crippen molar-refractivity contribution in [2.24, 2.45) is 5.92 Å². The highest BCUT2D eigenvalue weighted by Crippen LogP contribution is 2.23. The second-order valence-corrected chi connectivity index (χ2v) is 6.67. The molecule has 0 bridgehead atoms. The predicted octanol–water partition coefficient (Wildman–Crippen LogP) is 2.18.